The number of benzene rings is 1. The minimum absolute atomic E-state index is 0.0131. The molecule has 1 fully saturated rings. The smallest absolute Gasteiger partial charge is 0.328 e. The van der Waals surface area contributed by atoms with Crippen LogP contribution in [0.3, 0.4) is 0 Å². The highest BCUT2D eigenvalue weighted by Gasteiger charge is 2.39. The Balaban J connectivity index is 2.49. The molecule has 1 heterocycles. The maximum absolute atomic E-state index is 14.5. The Morgan fingerprint density at radius 3 is 1.24 bits per heavy atom. The zero-order chi connectivity index (χ0) is 80.1. The summed E-state index contributed by atoms with van der Waals surface area (Å²) in [6.07, 6.45) is -2.13. The highest BCUT2D eigenvalue weighted by atomic mass is 16.4. The molecule has 37 heteroatoms. The van der Waals surface area contributed by atoms with Gasteiger partial charge in [-0.1, -0.05) is 53.7 Å². The van der Waals surface area contributed by atoms with Crippen LogP contribution in [0.2, 0.25) is 0 Å². The summed E-state index contributed by atoms with van der Waals surface area (Å²) in [6.45, 7) is 14.8. The maximum atomic E-state index is 14.5. The molecule has 1 aromatic rings. The van der Waals surface area contributed by atoms with Crippen LogP contribution in [-0.2, 0) is 78.3 Å². The van der Waals surface area contributed by atoms with E-state index in [0.717, 1.165) is 20.3 Å². The van der Waals surface area contributed by atoms with Crippen molar-refractivity contribution in [3.63, 3.8) is 0 Å². The van der Waals surface area contributed by atoms with E-state index < -0.39 is 205 Å². The standard InChI is InChI=1S/C69H118N18O19/c1-35(2)31-48(63(99)76-38(7)57(93)87-56(40(9)89)69(105)106)81-60(96)45(18-11-14-28-71)78-64(100)49(32-36(3)4)84-68(104)55(39(8)88)86-66(102)51(34-53(74)92)83-62(98)47(25-26-52(73)91)79-59(95)46(19-12-15-29-72)80-67(103)54(37(5)6)85-65(101)50(33-41-21-23-42(90)24-22-41)82-61(97)44(17-10-13-27-70)77-58(94)43-20-16-30-75-43/h21-24,35-40,43-51,54-56,75,88-90H,10-20,25-34,70-72H2,1-9H3,(H2,73,91)(H2,74,92)(H,76,99)(H,77,94)(H,78,100)(H,79,95)(H,80,103)(H,81,96)(H,82,97)(H,83,98)(H,84,104)(H,85,101)(H,86,102)(H,87,93)(H,105,106). The second-order valence-corrected chi connectivity index (χ2v) is 28.0. The fraction of sp³-hybridized carbons (Fsp3) is 0.696. The molecule has 0 saturated carbocycles. The lowest BCUT2D eigenvalue weighted by Crippen LogP contribution is -2.62. The number of primary amides is 2. The molecule has 0 spiro atoms. The van der Waals surface area contributed by atoms with E-state index in [4.69, 9.17) is 28.7 Å². The van der Waals surface area contributed by atoms with Gasteiger partial charge in [-0.2, -0.15) is 0 Å². The summed E-state index contributed by atoms with van der Waals surface area (Å²) in [4.78, 5) is 206. The van der Waals surface area contributed by atoms with E-state index in [1.54, 1.807) is 41.5 Å². The molecule has 598 valence electrons. The molecule has 1 aliphatic rings. The number of rotatable bonds is 51. The number of hydrogen-bond donors (Lipinski definition) is 22. The maximum Gasteiger partial charge on any atom is 0.328 e. The highest BCUT2D eigenvalue weighted by molar-refractivity contribution is 6.01. The second kappa shape index (κ2) is 48.1. The number of amides is 14. The predicted octanol–water partition coefficient (Wildman–Crippen LogP) is -5.35. The van der Waals surface area contributed by atoms with Gasteiger partial charge in [0.15, 0.2) is 6.04 Å². The van der Waals surface area contributed by atoms with Crippen molar-refractivity contribution in [2.75, 3.05) is 26.2 Å². The summed E-state index contributed by atoms with van der Waals surface area (Å²) in [5.41, 5.74) is 28.8. The molecule has 2 rings (SSSR count). The molecule has 37 nitrogen and oxygen atoms in total. The first-order valence-corrected chi connectivity index (χ1v) is 36.3. The molecule has 1 saturated heterocycles. The Labute approximate surface area is 618 Å². The first kappa shape index (κ1) is 92.9. The number of carboxylic acids is 1. The molecule has 14 amide bonds. The Hall–Kier alpha value is -9.17. The zero-order valence-corrected chi connectivity index (χ0v) is 62.4. The summed E-state index contributed by atoms with van der Waals surface area (Å²) in [5, 5.41) is 73.7. The van der Waals surface area contributed by atoms with Crippen molar-refractivity contribution >= 4 is 88.7 Å². The van der Waals surface area contributed by atoms with Crippen LogP contribution in [0, 0.1) is 17.8 Å². The molecule has 27 N–H and O–H groups in total. The molecule has 1 aromatic carbocycles. The van der Waals surface area contributed by atoms with E-state index in [-0.39, 0.29) is 82.0 Å². The first-order chi connectivity index (χ1) is 49.8. The van der Waals surface area contributed by atoms with Crippen molar-refractivity contribution in [2.24, 2.45) is 46.4 Å². The van der Waals surface area contributed by atoms with Crippen LogP contribution in [0.4, 0.5) is 0 Å². The number of aliphatic hydroxyl groups is 2. The van der Waals surface area contributed by atoms with Crippen LogP contribution < -0.4 is 97.8 Å². The summed E-state index contributed by atoms with van der Waals surface area (Å²) >= 11 is 0. The van der Waals surface area contributed by atoms with Gasteiger partial charge < -0.3 is 118 Å². The quantitative estimate of drug-likeness (QED) is 0.0271. The van der Waals surface area contributed by atoms with Gasteiger partial charge in [0.1, 0.15) is 72.2 Å². The normalized spacial score (nSPS) is 16.7. The molecule has 15 unspecified atom stereocenters. The number of hydrogen-bond acceptors (Lipinski definition) is 22. The number of unbranched alkanes of at least 4 members (excludes halogenated alkanes) is 3. The van der Waals surface area contributed by atoms with Crippen LogP contribution in [0.15, 0.2) is 24.3 Å². The van der Waals surface area contributed by atoms with Crippen LogP contribution in [-0.4, -0.2) is 226 Å². The Morgan fingerprint density at radius 1 is 0.434 bits per heavy atom. The topological polar surface area (TPSA) is 623 Å². The van der Waals surface area contributed by atoms with Gasteiger partial charge in [-0.15, -0.1) is 0 Å². The van der Waals surface area contributed by atoms with Crippen molar-refractivity contribution in [1.29, 1.82) is 0 Å². The van der Waals surface area contributed by atoms with Gasteiger partial charge in [0.2, 0.25) is 82.7 Å². The van der Waals surface area contributed by atoms with Gasteiger partial charge in [0, 0.05) is 12.8 Å². The van der Waals surface area contributed by atoms with Crippen LogP contribution >= 0.6 is 0 Å². The predicted molar refractivity (Wildman–Crippen MR) is 387 cm³/mol. The molecule has 106 heavy (non-hydrogen) atoms. The second-order valence-electron chi connectivity index (χ2n) is 28.0. The third-order valence-electron chi connectivity index (χ3n) is 17.3. The number of phenolic OH excluding ortho intramolecular Hbond substituents is 1. The molecule has 0 aromatic heterocycles. The Bertz CT molecular complexity index is 3080. The van der Waals surface area contributed by atoms with E-state index >= 15 is 0 Å². The van der Waals surface area contributed by atoms with Gasteiger partial charge in [0.25, 0.3) is 0 Å². The van der Waals surface area contributed by atoms with Crippen molar-refractivity contribution in [2.45, 2.75) is 262 Å². The fourth-order valence-electron chi connectivity index (χ4n) is 11.3. The van der Waals surface area contributed by atoms with Gasteiger partial charge in [-0.05, 0) is 172 Å². The van der Waals surface area contributed by atoms with Crippen LogP contribution in [0.1, 0.15) is 171 Å². The largest absolute Gasteiger partial charge is 0.508 e. The Morgan fingerprint density at radius 2 is 0.811 bits per heavy atom. The summed E-state index contributed by atoms with van der Waals surface area (Å²) in [5.74, 6) is -16.2. The van der Waals surface area contributed by atoms with Crippen molar-refractivity contribution in [3.05, 3.63) is 29.8 Å². The first-order valence-electron chi connectivity index (χ1n) is 36.3. The van der Waals surface area contributed by atoms with Crippen molar-refractivity contribution in [3.8, 4) is 5.75 Å². The number of carbonyl (C=O) groups excluding carboxylic acids is 14. The van der Waals surface area contributed by atoms with E-state index in [1.807, 2.05) is 0 Å². The lowest BCUT2D eigenvalue weighted by Gasteiger charge is -2.30. The van der Waals surface area contributed by atoms with Gasteiger partial charge >= 0.3 is 5.97 Å². The molecule has 0 radical (unpaired) electrons. The third-order valence-corrected chi connectivity index (χ3v) is 17.3. The zero-order valence-electron chi connectivity index (χ0n) is 62.4. The molecule has 1 aliphatic heterocycles. The van der Waals surface area contributed by atoms with Crippen molar-refractivity contribution < 1.29 is 92.3 Å². The van der Waals surface area contributed by atoms with Crippen molar-refractivity contribution in [1.82, 2.24) is 69.1 Å². The molecular formula is C69H118N18O19. The van der Waals surface area contributed by atoms with E-state index in [9.17, 15) is 92.3 Å². The van der Waals surface area contributed by atoms with Gasteiger partial charge in [0.05, 0.1) is 24.7 Å². The SMILES string of the molecule is CC(C)CC(NC(=O)C(CCCCN)NC(=O)C(CC(C)C)NC(=O)C(NC(=O)C(CC(N)=O)NC(=O)C(CCC(N)=O)NC(=O)C(CCCCN)NC(=O)C(NC(=O)C(Cc1ccc(O)cc1)NC(=O)C(CCCCN)NC(=O)C1CCCN1)C(C)C)C(C)O)C(=O)NC(C)C(=O)NC(C(=O)O)C(C)O. The van der Waals surface area contributed by atoms with Gasteiger partial charge in [-0.25, -0.2) is 4.79 Å². The number of aromatic hydroxyl groups is 1. The number of nitrogens with one attached hydrogen (secondary N) is 13. The number of phenols is 1. The number of aliphatic hydroxyl groups excluding tert-OH is 2. The van der Waals surface area contributed by atoms with Crippen LogP contribution in [0.25, 0.3) is 0 Å². The number of carbonyl (C=O) groups is 15. The van der Waals surface area contributed by atoms with Crippen LogP contribution in [0.5, 0.6) is 5.75 Å². The third kappa shape index (κ3) is 34.4. The van der Waals surface area contributed by atoms with E-state index in [0.29, 0.717) is 50.8 Å². The Kier molecular flexibility index (Phi) is 42.2. The number of aliphatic carboxylic acids is 1. The minimum Gasteiger partial charge on any atom is -0.508 e. The summed E-state index contributed by atoms with van der Waals surface area (Å²) in [6, 6.07) is -13.1. The number of nitrogens with two attached hydrogens (primary N) is 5. The average Bonchev–Trinajstić information content (AvgIpc) is 1.30. The lowest BCUT2D eigenvalue weighted by molar-refractivity contribution is -0.145. The monoisotopic (exact) mass is 1500 g/mol. The molecule has 15 atom stereocenters. The molecule has 0 aliphatic carbocycles. The summed E-state index contributed by atoms with van der Waals surface area (Å²) < 4.78 is 0. The van der Waals surface area contributed by atoms with E-state index in [1.165, 1.54) is 31.2 Å². The molecular weight excluding hydrogens is 1380 g/mol. The number of carboxylic acid groups (broad SMARTS) is 1. The fourth-order valence-corrected chi connectivity index (χ4v) is 11.3. The average molecular weight is 1500 g/mol. The van der Waals surface area contributed by atoms with Gasteiger partial charge in [-0.3, -0.25) is 67.1 Å². The minimum atomic E-state index is -1.98. The summed E-state index contributed by atoms with van der Waals surface area (Å²) in [7, 11) is 0. The highest BCUT2D eigenvalue weighted by Crippen LogP contribution is 2.17. The lowest BCUT2D eigenvalue weighted by atomic mass is 9.99. The molecule has 0 bridgehead atoms. The van der Waals surface area contributed by atoms with E-state index in [2.05, 4.69) is 69.1 Å².